The van der Waals surface area contributed by atoms with Gasteiger partial charge in [0.15, 0.2) is 0 Å². The number of hydrogen-bond donors (Lipinski definition) is 2. The Hall–Kier alpha value is -1.52. The van der Waals surface area contributed by atoms with Gasteiger partial charge in [-0.1, -0.05) is 6.42 Å². The predicted octanol–water partition coefficient (Wildman–Crippen LogP) is 1.72. The van der Waals surface area contributed by atoms with Gasteiger partial charge in [-0.15, -0.1) is 0 Å². The minimum absolute atomic E-state index is 0.0291. The number of aryl methyl sites for hydroxylation is 2. The number of nitrogen functional groups attached to an aromatic ring is 1. The second kappa shape index (κ2) is 4.77. The Morgan fingerprint density at radius 2 is 2.06 bits per heavy atom. The number of nitrogens with two attached hydrogens (primary N) is 1. The van der Waals surface area contributed by atoms with Crippen LogP contribution >= 0.6 is 0 Å². The van der Waals surface area contributed by atoms with E-state index in [9.17, 15) is 0 Å². The van der Waals surface area contributed by atoms with Crippen LogP contribution in [0.1, 0.15) is 43.4 Å². The Labute approximate surface area is 101 Å². The zero-order chi connectivity index (χ0) is 12.4. The molecule has 0 atom stereocenters. The summed E-state index contributed by atoms with van der Waals surface area (Å²) in [7, 11) is 1.83. The smallest absolute Gasteiger partial charge is 0.223 e. The molecule has 0 aromatic carbocycles. The van der Waals surface area contributed by atoms with Gasteiger partial charge in [0.05, 0.1) is 5.69 Å². The van der Waals surface area contributed by atoms with E-state index in [1.165, 1.54) is 19.3 Å². The Morgan fingerprint density at radius 3 is 2.65 bits per heavy atom. The lowest BCUT2D eigenvalue weighted by Crippen LogP contribution is -2.23. The number of aromatic nitrogens is 2. The standard InChI is InChI=1S/C12H20N4O/c1-8-10(11(13)14)12(16(2)15-8)17-9-6-4-3-5-7-9/h9H,3-7H2,1-2H3,(H3,13,14). The Balaban J connectivity index is 2.21. The fourth-order valence-corrected chi connectivity index (χ4v) is 2.42. The van der Waals surface area contributed by atoms with Crippen molar-refractivity contribution in [1.29, 1.82) is 5.41 Å². The molecule has 17 heavy (non-hydrogen) atoms. The van der Waals surface area contributed by atoms with E-state index >= 15 is 0 Å². The maximum absolute atomic E-state index is 7.59. The molecule has 1 heterocycles. The topological polar surface area (TPSA) is 76.9 Å². The molecule has 0 aliphatic heterocycles. The monoisotopic (exact) mass is 236 g/mol. The van der Waals surface area contributed by atoms with Crippen LogP contribution in [0.15, 0.2) is 0 Å². The van der Waals surface area contributed by atoms with E-state index in [1.807, 2.05) is 14.0 Å². The molecular weight excluding hydrogens is 216 g/mol. The molecule has 0 spiro atoms. The second-order valence-corrected chi connectivity index (χ2v) is 4.68. The van der Waals surface area contributed by atoms with Crippen LogP contribution in [0.4, 0.5) is 0 Å². The molecule has 1 aromatic rings. The van der Waals surface area contributed by atoms with Crippen molar-refractivity contribution >= 4 is 5.84 Å². The van der Waals surface area contributed by atoms with Crippen molar-refractivity contribution in [3.8, 4) is 5.88 Å². The van der Waals surface area contributed by atoms with E-state index in [1.54, 1.807) is 4.68 Å². The Bertz CT molecular complexity index is 418. The lowest BCUT2D eigenvalue weighted by molar-refractivity contribution is 0.142. The van der Waals surface area contributed by atoms with Crippen LogP contribution in [0.5, 0.6) is 5.88 Å². The molecule has 1 aromatic heterocycles. The van der Waals surface area contributed by atoms with Gasteiger partial charge < -0.3 is 10.5 Å². The highest BCUT2D eigenvalue weighted by Gasteiger charge is 2.22. The van der Waals surface area contributed by atoms with Crippen molar-refractivity contribution in [2.75, 3.05) is 0 Å². The average Bonchev–Trinajstić information content (AvgIpc) is 2.55. The highest BCUT2D eigenvalue weighted by molar-refractivity contribution is 5.98. The molecule has 0 bridgehead atoms. The van der Waals surface area contributed by atoms with Crippen LogP contribution < -0.4 is 10.5 Å². The molecule has 0 unspecified atom stereocenters. The zero-order valence-electron chi connectivity index (χ0n) is 10.5. The number of ether oxygens (including phenoxy) is 1. The van der Waals surface area contributed by atoms with Crippen LogP contribution in [0.2, 0.25) is 0 Å². The van der Waals surface area contributed by atoms with E-state index in [0.29, 0.717) is 11.4 Å². The van der Waals surface area contributed by atoms with Gasteiger partial charge in [-0.25, -0.2) is 4.68 Å². The molecule has 5 heteroatoms. The third kappa shape index (κ3) is 2.43. The van der Waals surface area contributed by atoms with Gasteiger partial charge in [-0.05, 0) is 32.6 Å². The molecule has 1 aliphatic carbocycles. The van der Waals surface area contributed by atoms with Crippen LogP contribution in [0, 0.1) is 12.3 Å². The van der Waals surface area contributed by atoms with Gasteiger partial charge in [0.25, 0.3) is 0 Å². The second-order valence-electron chi connectivity index (χ2n) is 4.68. The maximum atomic E-state index is 7.59. The predicted molar refractivity (Wildman–Crippen MR) is 66.5 cm³/mol. The van der Waals surface area contributed by atoms with E-state index in [0.717, 1.165) is 18.5 Å². The van der Waals surface area contributed by atoms with Crippen molar-refractivity contribution in [3.05, 3.63) is 11.3 Å². The highest BCUT2D eigenvalue weighted by Crippen LogP contribution is 2.27. The minimum Gasteiger partial charge on any atom is -0.474 e. The lowest BCUT2D eigenvalue weighted by Gasteiger charge is -2.23. The first kappa shape index (κ1) is 12.0. The fraction of sp³-hybridized carbons (Fsp3) is 0.667. The molecule has 1 fully saturated rings. The summed E-state index contributed by atoms with van der Waals surface area (Å²) in [6.07, 6.45) is 6.15. The van der Waals surface area contributed by atoms with Crippen molar-refractivity contribution < 1.29 is 4.74 Å². The number of nitrogens with one attached hydrogen (secondary N) is 1. The molecule has 0 amide bonds. The summed E-state index contributed by atoms with van der Waals surface area (Å²) >= 11 is 0. The van der Waals surface area contributed by atoms with Crippen molar-refractivity contribution in [2.24, 2.45) is 12.8 Å². The summed E-state index contributed by atoms with van der Waals surface area (Å²) in [4.78, 5) is 0. The number of hydrogen-bond acceptors (Lipinski definition) is 3. The van der Waals surface area contributed by atoms with Gasteiger partial charge in [0.2, 0.25) is 5.88 Å². The van der Waals surface area contributed by atoms with E-state index in [2.05, 4.69) is 5.10 Å². The zero-order valence-corrected chi connectivity index (χ0v) is 10.5. The van der Waals surface area contributed by atoms with Crippen molar-refractivity contribution in [1.82, 2.24) is 9.78 Å². The van der Waals surface area contributed by atoms with Crippen LogP contribution in [-0.2, 0) is 7.05 Å². The molecule has 2 rings (SSSR count). The third-order valence-corrected chi connectivity index (χ3v) is 3.27. The third-order valence-electron chi connectivity index (χ3n) is 3.27. The summed E-state index contributed by atoms with van der Waals surface area (Å²) < 4.78 is 7.66. The molecule has 1 aliphatic rings. The largest absolute Gasteiger partial charge is 0.474 e. The molecule has 1 saturated carbocycles. The SMILES string of the molecule is Cc1nn(C)c(OC2CCCCC2)c1C(=N)N. The molecule has 3 N–H and O–H groups in total. The summed E-state index contributed by atoms with van der Waals surface area (Å²) in [6.45, 7) is 1.85. The number of nitrogens with zero attached hydrogens (tertiary/aromatic N) is 2. The van der Waals surface area contributed by atoms with Crippen molar-refractivity contribution in [3.63, 3.8) is 0 Å². The normalized spacial score (nSPS) is 17.1. The minimum atomic E-state index is 0.0291. The van der Waals surface area contributed by atoms with Gasteiger partial charge in [0, 0.05) is 7.05 Å². The van der Waals surface area contributed by atoms with Gasteiger partial charge in [-0.3, -0.25) is 5.41 Å². The molecular formula is C12H20N4O. The maximum Gasteiger partial charge on any atom is 0.223 e. The molecule has 94 valence electrons. The van der Waals surface area contributed by atoms with Crippen LogP contribution in [0.3, 0.4) is 0 Å². The fourth-order valence-electron chi connectivity index (χ4n) is 2.42. The quantitative estimate of drug-likeness (QED) is 0.619. The molecule has 5 nitrogen and oxygen atoms in total. The lowest BCUT2D eigenvalue weighted by atomic mass is 9.98. The highest BCUT2D eigenvalue weighted by atomic mass is 16.5. The molecule has 0 saturated heterocycles. The molecule has 0 radical (unpaired) electrons. The van der Waals surface area contributed by atoms with Crippen molar-refractivity contribution in [2.45, 2.75) is 45.1 Å². The summed E-state index contributed by atoms with van der Waals surface area (Å²) in [5.74, 6) is 0.670. The first-order valence-electron chi connectivity index (χ1n) is 6.14. The first-order valence-corrected chi connectivity index (χ1v) is 6.14. The van der Waals surface area contributed by atoms with Gasteiger partial charge in [-0.2, -0.15) is 5.10 Å². The van der Waals surface area contributed by atoms with Gasteiger partial charge in [0.1, 0.15) is 17.5 Å². The first-order chi connectivity index (χ1) is 8.09. The van der Waals surface area contributed by atoms with E-state index in [4.69, 9.17) is 15.9 Å². The summed E-state index contributed by atoms with van der Waals surface area (Å²) in [6, 6.07) is 0. The Morgan fingerprint density at radius 1 is 1.41 bits per heavy atom. The van der Waals surface area contributed by atoms with E-state index < -0.39 is 0 Å². The summed E-state index contributed by atoms with van der Waals surface area (Å²) in [5.41, 5.74) is 6.98. The van der Waals surface area contributed by atoms with Gasteiger partial charge >= 0.3 is 0 Å². The van der Waals surface area contributed by atoms with Crippen LogP contribution in [0.25, 0.3) is 0 Å². The van der Waals surface area contributed by atoms with Crippen LogP contribution in [-0.4, -0.2) is 21.7 Å². The number of amidine groups is 1. The average molecular weight is 236 g/mol. The Kier molecular flexibility index (Phi) is 3.36. The van der Waals surface area contributed by atoms with E-state index in [-0.39, 0.29) is 11.9 Å². The number of rotatable bonds is 3. The summed E-state index contributed by atoms with van der Waals surface area (Å²) in [5, 5.41) is 11.9.